The molecule has 0 amide bonds. The number of azo groups is 1. The van der Waals surface area contributed by atoms with Gasteiger partial charge in [-0.25, -0.2) is 0 Å². The molecule has 0 heterocycles. The normalized spacial score (nSPS) is 16.4. The molecule has 2 nitrogen and oxygen atoms in total. The standard InChI is InChI=1S/C8H15ClN2/c1-5-8(9)11-10-7(4)6(2)3/h5-7H,1-4H3/b8-5-,11-10?. The fraction of sp³-hybridized carbons (Fsp3) is 0.750. The summed E-state index contributed by atoms with van der Waals surface area (Å²) >= 11 is 5.61. The van der Waals surface area contributed by atoms with Crippen molar-refractivity contribution in [3.63, 3.8) is 0 Å². The van der Waals surface area contributed by atoms with Crippen molar-refractivity contribution in [2.75, 3.05) is 0 Å². The van der Waals surface area contributed by atoms with Crippen molar-refractivity contribution >= 4 is 11.6 Å². The number of halogens is 1. The van der Waals surface area contributed by atoms with Gasteiger partial charge in [0.25, 0.3) is 0 Å². The lowest BCUT2D eigenvalue weighted by Crippen LogP contribution is -2.05. The number of hydrogen-bond acceptors (Lipinski definition) is 2. The van der Waals surface area contributed by atoms with Crippen molar-refractivity contribution in [2.24, 2.45) is 16.1 Å². The Morgan fingerprint density at radius 1 is 1.36 bits per heavy atom. The molecule has 0 N–H and O–H groups in total. The van der Waals surface area contributed by atoms with E-state index in [2.05, 4.69) is 24.1 Å². The third-order valence-electron chi connectivity index (χ3n) is 1.54. The van der Waals surface area contributed by atoms with Gasteiger partial charge >= 0.3 is 0 Å². The van der Waals surface area contributed by atoms with E-state index in [1.165, 1.54) is 0 Å². The van der Waals surface area contributed by atoms with Gasteiger partial charge in [0.2, 0.25) is 0 Å². The van der Waals surface area contributed by atoms with E-state index in [1.54, 1.807) is 6.08 Å². The minimum atomic E-state index is 0.240. The molecule has 11 heavy (non-hydrogen) atoms. The zero-order valence-corrected chi connectivity index (χ0v) is 8.26. The number of allylic oxidation sites excluding steroid dienone is 1. The van der Waals surface area contributed by atoms with Gasteiger partial charge in [-0.15, -0.1) is 5.11 Å². The summed E-state index contributed by atoms with van der Waals surface area (Å²) in [6, 6.07) is 0.240. The summed E-state index contributed by atoms with van der Waals surface area (Å²) in [6.07, 6.45) is 1.72. The second-order valence-electron chi connectivity index (χ2n) is 2.81. The maximum Gasteiger partial charge on any atom is 0.146 e. The highest BCUT2D eigenvalue weighted by Crippen LogP contribution is 2.09. The first kappa shape index (κ1) is 10.6. The smallest absolute Gasteiger partial charge is 0.146 e. The van der Waals surface area contributed by atoms with E-state index in [9.17, 15) is 0 Å². The Kier molecular flexibility index (Phi) is 5.12. The molecule has 1 atom stereocenters. The molecule has 3 heteroatoms. The molecule has 0 radical (unpaired) electrons. The van der Waals surface area contributed by atoms with Gasteiger partial charge in [-0.1, -0.05) is 25.4 Å². The molecule has 64 valence electrons. The minimum absolute atomic E-state index is 0.240. The van der Waals surface area contributed by atoms with Crippen molar-refractivity contribution in [1.29, 1.82) is 0 Å². The summed E-state index contributed by atoms with van der Waals surface area (Å²) in [7, 11) is 0. The maximum atomic E-state index is 5.61. The molecule has 0 aromatic rings. The molecular weight excluding hydrogens is 160 g/mol. The molecule has 0 aliphatic carbocycles. The number of nitrogens with zero attached hydrogens (tertiary/aromatic N) is 2. The molecule has 0 saturated heterocycles. The van der Waals surface area contributed by atoms with E-state index in [1.807, 2.05) is 13.8 Å². The summed E-state index contributed by atoms with van der Waals surface area (Å²) in [5.74, 6) is 0.514. The third-order valence-corrected chi connectivity index (χ3v) is 1.83. The molecule has 0 aromatic heterocycles. The maximum absolute atomic E-state index is 5.61. The van der Waals surface area contributed by atoms with Crippen LogP contribution in [-0.2, 0) is 0 Å². The van der Waals surface area contributed by atoms with E-state index in [0.29, 0.717) is 11.1 Å². The SMILES string of the molecule is C/C=C(/Cl)N=NC(C)C(C)C. The summed E-state index contributed by atoms with van der Waals surface area (Å²) in [4.78, 5) is 0. The van der Waals surface area contributed by atoms with Gasteiger partial charge in [0, 0.05) is 0 Å². The molecule has 0 spiro atoms. The van der Waals surface area contributed by atoms with E-state index in [4.69, 9.17) is 11.6 Å². The van der Waals surface area contributed by atoms with E-state index >= 15 is 0 Å². The van der Waals surface area contributed by atoms with Crippen LogP contribution < -0.4 is 0 Å². The second kappa shape index (κ2) is 5.30. The van der Waals surface area contributed by atoms with Crippen molar-refractivity contribution in [2.45, 2.75) is 33.7 Å². The van der Waals surface area contributed by atoms with Gasteiger partial charge in [-0.05, 0) is 25.8 Å². The van der Waals surface area contributed by atoms with Crippen molar-refractivity contribution < 1.29 is 0 Å². The van der Waals surface area contributed by atoms with E-state index in [-0.39, 0.29) is 6.04 Å². The highest BCUT2D eigenvalue weighted by atomic mass is 35.5. The van der Waals surface area contributed by atoms with Crippen LogP contribution in [0.1, 0.15) is 27.7 Å². The van der Waals surface area contributed by atoms with Gasteiger partial charge in [-0.3, -0.25) is 0 Å². The quantitative estimate of drug-likeness (QED) is 0.462. The summed E-state index contributed by atoms with van der Waals surface area (Å²) in [6.45, 7) is 8.07. The molecule has 0 saturated carbocycles. The molecule has 0 fully saturated rings. The fourth-order valence-electron chi connectivity index (χ4n) is 0.337. The third kappa shape index (κ3) is 4.96. The van der Waals surface area contributed by atoms with Crippen LogP contribution in [0.2, 0.25) is 0 Å². The Morgan fingerprint density at radius 3 is 2.27 bits per heavy atom. The van der Waals surface area contributed by atoms with Crippen LogP contribution in [0.3, 0.4) is 0 Å². The number of rotatable bonds is 3. The van der Waals surface area contributed by atoms with Crippen molar-refractivity contribution in [3.8, 4) is 0 Å². The van der Waals surface area contributed by atoms with Crippen molar-refractivity contribution in [3.05, 3.63) is 11.2 Å². The van der Waals surface area contributed by atoms with E-state index in [0.717, 1.165) is 0 Å². The zero-order valence-electron chi connectivity index (χ0n) is 7.50. The molecule has 0 aliphatic rings. The molecule has 0 aliphatic heterocycles. The van der Waals surface area contributed by atoms with Gasteiger partial charge in [0.05, 0.1) is 6.04 Å². The Hall–Kier alpha value is -0.370. The Balaban J connectivity index is 3.93. The van der Waals surface area contributed by atoms with Crippen LogP contribution in [0.25, 0.3) is 0 Å². The van der Waals surface area contributed by atoms with Crippen LogP contribution >= 0.6 is 11.6 Å². The molecular formula is C8H15ClN2. The largest absolute Gasteiger partial charge is 0.184 e. The second-order valence-corrected chi connectivity index (χ2v) is 3.20. The first-order valence-electron chi connectivity index (χ1n) is 3.80. The van der Waals surface area contributed by atoms with Crippen LogP contribution in [0.4, 0.5) is 0 Å². The first-order chi connectivity index (χ1) is 5.07. The van der Waals surface area contributed by atoms with E-state index < -0.39 is 0 Å². The molecule has 0 rings (SSSR count). The van der Waals surface area contributed by atoms with Gasteiger partial charge in [-0.2, -0.15) is 5.11 Å². The zero-order chi connectivity index (χ0) is 8.85. The molecule has 0 bridgehead atoms. The lowest BCUT2D eigenvalue weighted by molar-refractivity contribution is 0.512. The minimum Gasteiger partial charge on any atom is -0.184 e. The summed E-state index contributed by atoms with van der Waals surface area (Å²) in [5, 5.41) is 8.29. The monoisotopic (exact) mass is 174 g/mol. The predicted molar refractivity (Wildman–Crippen MR) is 48.8 cm³/mol. The van der Waals surface area contributed by atoms with Crippen LogP contribution in [0, 0.1) is 5.92 Å². The average Bonchev–Trinajstić information content (AvgIpc) is 1.99. The Morgan fingerprint density at radius 2 is 1.91 bits per heavy atom. The Bertz CT molecular complexity index is 161. The Labute approximate surface area is 73.4 Å². The summed E-state index contributed by atoms with van der Waals surface area (Å²) < 4.78 is 0. The predicted octanol–water partition coefficient (Wildman–Crippen LogP) is 3.58. The lowest BCUT2D eigenvalue weighted by Gasteiger charge is -2.06. The van der Waals surface area contributed by atoms with Crippen molar-refractivity contribution in [1.82, 2.24) is 0 Å². The average molecular weight is 175 g/mol. The first-order valence-corrected chi connectivity index (χ1v) is 4.18. The molecule has 1 unspecified atom stereocenters. The van der Waals surface area contributed by atoms with Crippen LogP contribution in [0.15, 0.2) is 21.5 Å². The van der Waals surface area contributed by atoms with Crippen LogP contribution in [-0.4, -0.2) is 6.04 Å². The molecule has 0 aromatic carbocycles. The van der Waals surface area contributed by atoms with Gasteiger partial charge < -0.3 is 0 Å². The van der Waals surface area contributed by atoms with Gasteiger partial charge in [0.15, 0.2) is 0 Å². The highest BCUT2D eigenvalue weighted by molar-refractivity contribution is 6.29. The summed E-state index contributed by atoms with van der Waals surface area (Å²) in [5.41, 5.74) is 0. The van der Waals surface area contributed by atoms with Gasteiger partial charge in [0.1, 0.15) is 5.16 Å². The number of hydrogen-bond donors (Lipinski definition) is 0. The lowest BCUT2D eigenvalue weighted by atomic mass is 10.1. The topological polar surface area (TPSA) is 24.7 Å². The van der Waals surface area contributed by atoms with Crippen LogP contribution in [0.5, 0.6) is 0 Å². The highest BCUT2D eigenvalue weighted by Gasteiger charge is 2.03. The fourth-order valence-corrected chi connectivity index (χ4v) is 0.381.